The van der Waals surface area contributed by atoms with Crippen LogP contribution in [0.15, 0.2) is 0 Å². The van der Waals surface area contributed by atoms with Gasteiger partial charge in [-0.1, -0.05) is 33.6 Å². The van der Waals surface area contributed by atoms with Gasteiger partial charge in [0.15, 0.2) is 0 Å². The molecule has 1 amide bonds. The van der Waals surface area contributed by atoms with Crippen molar-refractivity contribution in [2.75, 3.05) is 0 Å². The third-order valence-electron chi connectivity index (χ3n) is 4.30. The summed E-state index contributed by atoms with van der Waals surface area (Å²) in [6.07, 6.45) is 6.69. The summed E-state index contributed by atoms with van der Waals surface area (Å²) in [5, 5.41) is 10.6. The van der Waals surface area contributed by atoms with E-state index in [0.717, 1.165) is 17.8 Å². The van der Waals surface area contributed by atoms with E-state index in [4.69, 9.17) is 5.11 Å². The van der Waals surface area contributed by atoms with Crippen LogP contribution in [0.2, 0.25) is 0 Å². The van der Waals surface area contributed by atoms with Crippen molar-refractivity contribution < 1.29 is 14.7 Å². The van der Waals surface area contributed by atoms with Gasteiger partial charge in [0, 0.05) is 6.42 Å². The zero-order valence-electron chi connectivity index (χ0n) is 12.3. The van der Waals surface area contributed by atoms with Crippen LogP contribution in [0.25, 0.3) is 0 Å². The van der Waals surface area contributed by atoms with Gasteiger partial charge < -0.3 is 10.4 Å². The molecule has 1 aliphatic heterocycles. The number of aliphatic carboxylic acids is 1. The number of carboxylic acids is 1. The minimum absolute atomic E-state index is 0.164. The second-order valence-electron chi connectivity index (χ2n) is 6.26. The molecule has 1 aliphatic carbocycles. The molecule has 1 atom stereocenters. The quantitative estimate of drug-likeness (QED) is 0.810. The summed E-state index contributed by atoms with van der Waals surface area (Å²) in [5.74, 6) is 1.86. The van der Waals surface area contributed by atoms with Crippen LogP contribution in [0.3, 0.4) is 0 Å². The molecule has 4 heteroatoms. The van der Waals surface area contributed by atoms with Crippen molar-refractivity contribution in [3.05, 3.63) is 0 Å². The predicted molar refractivity (Wildman–Crippen MR) is 74.8 cm³/mol. The minimum atomic E-state index is -0.944. The number of carbonyl (C=O) groups is 2. The first kappa shape index (κ1) is 16.0. The Morgan fingerprint density at radius 2 is 1.79 bits per heavy atom. The van der Waals surface area contributed by atoms with Crippen LogP contribution in [0.1, 0.15) is 59.3 Å². The van der Waals surface area contributed by atoms with E-state index in [9.17, 15) is 9.59 Å². The van der Waals surface area contributed by atoms with Crippen molar-refractivity contribution in [3.8, 4) is 0 Å². The van der Waals surface area contributed by atoms with Crippen LogP contribution in [0, 0.1) is 17.8 Å². The van der Waals surface area contributed by atoms with Gasteiger partial charge in [-0.3, -0.25) is 4.79 Å². The molecule has 110 valence electrons. The maximum Gasteiger partial charge on any atom is 0.326 e. The van der Waals surface area contributed by atoms with Crippen molar-refractivity contribution in [1.82, 2.24) is 5.32 Å². The molecule has 0 radical (unpaired) electrons. The molecule has 0 spiro atoms. The maximum atomic E-state index is 10.4. The van der Waals surface area contributed by atoms with Gasteiger partial charge in [-0.05, 0) is 37.0 Å². The summed E-state index contributed by atoms with van der Waals surface area (Å²) >= 11 is 0. The molecule has 1 unspecified atom stereocenters. The summed E-state index contributed by atoms with van der Waals surface area (Å²) < 4.78 is 0. The summed E-state index contributed by atoms with van der Waals surface area (Å²) in [6.45, 7) is 7.11. The highest BCUT2D eigenvalue weighted by atomic mass is 16.4. The molecule has 0 aromatic carbocycles. The summed E-state index contributed by atoms with van der Waals surface area (Å²) in [5.41, 5.74) is 0. The van der Waals surface area contributed by atoms with E-state index in [1.807, 2.05) is 0 Å². The molecule has 19 heavy (non-hydrogen) atoms. The van der Waals surface area contributed by atoms with E-state index >= 15 is 0 Å². The number of hydrogen-bond acceptors (Lipinski definition) is 2. The zero-order valence-corrected chi connectivity index (χ0v) is 12.3. The maximum absolute atomic E-state index is 10.4. The van der Waals surface area contributed by atoms with Gasteiger partial charge in [-0.25, -0.2) is 4.79 Å². The molecule has 2 rings (SSSR count). The first-order chi connectivity index (χ1) is 8.90. The molecule has 2 aliphatic rings. The fourth-order valence-electron chi connectivity index (χ4n) is 2.75. The number of amides is 1. The number of carboxylic acid groups (broad SMARTS) is 1. The van der Waals surface area contributed by atoms with Gasteiger partial charge in [-0.15, -0.1) is 0 Å². The van der Waals surface area contributed by atoms with Crippen molar-refractivity contribution in [2.24, 2.45) is 17.8 Å². The summed E-state index contributed by atoms with van der Waals surface area (Å²) in [6, 6.07) is -0.641. The minimum Gasteiger partial charge on any atom is -0.480 e. The number of rotatable bonds is 2. The molecular weight excluding hydrogens is 242 g/mol. The van der Waals surface area contributed by atoms with E-state index in [1.54, 1.807) is 0 Å². The Hall–Kier alpha value is -1.06. The van der Waals surface area contributed by atoms with E-state index < -0.39 is 12.0 Å². The van der Waals surface area contributed by atoms with Crippen molar-refractivity contribution in [3.63, 3.8) is 0 Å². The van der Waals surface area contributed by atoms with Crippen molar-refractivity contribution in [2.45, 2.75) is 65.3 Å². The fraction of sp³-hybridized carbons (Fsp3) is 0.867. The summed E-state index contributed by atoms with van der Waals surface area (Å²) in [7, 11) is 0. The average Bonchev–Trinajstić information content (AvgIpc) is 2.77. The van der Waals surface area contributed by atoms with E-state index in [0.29, 0.717) is 12.8 Å². The number of carbonyl (C=O) groups excluding carboxylic acids is 1. The highest BCUT2D eigenvalue weighted by Crippen LogP contribution is 2.32. The van der Waals surface area contributed by atoms with E-state index in [2.05, 4.69) is 26.1 Å². The third-order valence-corrected chi connectivity index (χ3v) is 4.30. The number of nitrogens with one attached hydrogen (secondary N) is 1. The number of hydrogen-bond donors (Lipinski definition) is 2. The fourth-order valence-corrected chi connectivity index (χ4v) is 2.75. The summed E-state index contributed by atoms with van der Waals surface area (Å²) in [4.78, 5) is 20.5. The first-order valence-electron chi connectivity index (χ1n) is 7.42. The SMILES string of the molecule is CC1CCC(C(C)C)CC1.O=C1CCC(C(=O)O)N1. The lowest BCUT2D eigenvalue weighted by Crippen LogP contribution is -2.32. The Morgan fingerprint density at radius 1 is 1.21 bits per heavy atom. The molecule has 2 fully saturated rings. The molecular formula is C15H27NO3. The molecule has 1 saturated heterocycles. The molecule has 1 saturated carbocycles. The molecule has 0 aromatic rings. The lowest BCUT2D eigenvalue weighted by molar-refractivity contribution is -0.140. The lowest BCUT2D eigenvalue weighted by Gasteiger charge is -2.28. The van der Waals surface area contributed by atoms with Crippen LogP contribution in [0.4, 0.5) is 0 Å². The molecule has 1 heterocycles. The third kappa shape index (κ3) is 5.62. The highest BCUT2D eigenvalue weighted by Gasteiger charge is 2.26. The Labute approximate surface area is 116 Å². The standard InChI is InChI=1S/C10H20.C5H7NO3/c1-8(2)10-6-4-9(3)5-7-10;7-4-2-1-3(6-4)5(8)9/h8-10H,4-7H2,1-3H3;3H,1-2H2,(H,6,7)(H,8,9). The van der Waals surface area contributed by atoms with Crippen LogP contribution in [-0.4, -0.2) is 23.0 Å². The second kappa shape index (κ2) is 7.51. The Kier molecular flexibility index (Phi) is 6.32. The Balaban J connectivity index is 0.000000191. The zero-order chi connectivity index (χ0) is 14.4. The Bertz CT molecular complexity index is 307. The second-order valence-corrected chi connectivity index (χ2v) is 6.26. The van der Waals surface area contributed by atoms with Crippen LogP contribution in [-0.2, 0) is 9.59 Å². The van der Waals surface area contributed by atoms with Crippen molar-refractivity contribution in [1.29, 1.82) is 0 Å². The highest BCUT2D eigenvalue weighted by molar-refractivity contribution is 5.87. The van der Waals surface area contributed by atoms with E-state index in [1.165, 1.54) is 25.7 Å². The first-order valence-corrected chi connectivity index (χ1v) is 7.42. The lowest BCUT2D eigenvalue weighted by atomic mass is 9.78. The van der Waals surface area contributed by atoms with Crippen LogP contribution in [0.5, 0.6) is 0 Å². The van der Waals surface area contributed by atoms with Gasteiger partial charge in [0.1, 0.15) is 6.04 Å². The van der Waals surface area contributed by atoms with Gasteiger partial charge in [0.25, 0.3) is 0 Å². The van der Waals surface area contributed by atoms with Gasteiger partial charge in [0.2, 0.25) is 5.91 Å². The Morgan fingerprint density at radius 3 is 2.11 bits per heavy atom. The van der Waals surface area contributed by atoms with Gasteiger partial charge >= 0.3 is 5.97 Å². The van der Waals surface area contributed by atoms with Gasteiger partial charge in [0.05, 0.1) is 0 Å². The van der Waals surface area contributed by atoms with Crippen molar-refractivity contribution >= 4 is 11.9 Å². The molecule has 4 nitrogen and oxygen atoms in total. The largest absolute Gasteiger partial charge is 0.480 e. The average molecular weight is 269 g/mol. The monoisotopic (exact) mass is 269 g/mol. The molecule has 0 aromatic heterocycles. The normalized spacial score (nSPS) is 30.5. The topological polar surface area (TPSA) is 66.4 Å². The van der Waals surface area contributed by atoms with Crippen LogP contribution >= 0.6 is 0 Å². The van der Waals surface area contributed by atoms with E-state index in [-0.39, 0.29) is 5.91 Å². The predicted octanol–water partition coefficient (Wildman–Crippen LogP) is 2.82. The van der Waals surface area contributed by atoms with Crippen LogP contribution < -0.4 is 5.32 Å². The van der Waals surface area contributed by atoms with Gasteiger partial charge in [-0.2, -0.15) is 0 Å². The molecule has 0 bridgehead atoms. The molecule has 2 N–H and O–H groups in total. The smallest absolute Gasteiger partial charge is 0.326 e.